The molecule has 1 rings (SSSR count). The third-order valence-electron chi connectivity index (χ3n) is 2.13. The van der Waals surface area contributed by atoms with Gasteiger partial charge < -0.3 is 5.73 Å². The van der Waals surface area contributed by atoms with Crippen LogP contribution in [0.4, 0.5) is 0 Å². The molecule has 0 saturated carbocycles. The van der Waals surface area contributed by atoms with Gasteiger partial charge in [0.15, 0.2) is 0 Å². The van der Waals surface area contributed by atoms with E-state index in [2.05, 4.69) is 17.8 Å². The van der Waals surface area contributed by atoms with Crippen molar-refractivity contribution < 1.29 is 0 Å². The van der Waals surface area contributed by atoms with Gasteiger partial charge in [0.1, 0.15) is 0 Å². The number of hydrogen-bond donors (Lipinski definition) is 1. The van der Waals surface area contributed by atoms with Crippen LogP contribution >= 0.6 is 0 Å². The first kappa shape index (κ1) is 9.20. The van der Waals surface area contributed by atoms with E-state index in [4.69, 9.17) is 5.73 Å². The van der Waals surface area contributed by atoms with Gasteiger partial charge in [-0.05, 0) is 38.0 Å². The Morgan fingerprint density at radius 3 is 2.83 bits per heavy atom. The maximum Gasteiger partial charge on any atom is 0.0428 e. The van der Waals surface area contributed by atoms with Gasteiger partial charge in [-0.3, -0.25) is 4.99 Å². The molecule has 0 amide bonds. The van der Waals surface area contributed by atoms with E-state index in [1.54, 1.807) is 0 Å². The van der Waals surface area contributed by atoms with Crippen molar-refractivity contribution in [2.75, 3.05) is 6.54 Å². The largest absolute Gasteiger partial charge is 0.327 e. The second-order valence-electron chi connectivity index (χ2n) is 2.98. The molecule has 0 saturated heterocycles. The summed E-state index contributed by atoms with van der Waals surface area (Å²) in [6, 6.07) is 0. The highest BCUT2D eigenvalue weighted by Crippen LogP contribution is 2.25. The summed E-state index contributed by atoms with van der Waals surface area (Å²) < 4.78 is 0. The van der Waals surface area contributed by atoms with Gasteiger partial charge in [0.25, 0.3) is 0 Å². The molecule has 0 radical (unpaired) electrons. The fourth-order valence-electron chi connectivity index (χ4n) is 1.48. The molecule has 12 heavy (non-hydrogen) atoms. The van der Waals surface area contributed by atoms with Crippen LogP contribution in [-0.4, -0.2) is 13.3 Å². The summed E-state index contributed by atoms with van der Waals surface area (Å²) in [5.74, 6) is 0. The maximum atomic E-state index is 5.38. The molecule has 0 spiro atoms. The summed E-state index contributed by atoms with van der Waals surface area (Å²) >= 11 is 0. The fraction of sp³-hybridized carbons (Fsp3) is 0.500. The Balaban J connectivity index is 2.72. The fourth-order valence-corrected chi connectivity index (χ4v) is 1.48. The lowest BCUT2D eigenvalue weighted by molar-refractivity contribution is 0.678. The van der Waals surface area contributed by atoms with Crippen LogP contribution in [0, 0.1) is 0 Å². The number of aliphatic imine (C=N–C) groups is 1. The van der Waals surface area contributed by atoms with Crippen molar-refractivity contribution in [2.24, 2.45) is 10.7 Å². The van der Waals surface area contributed by atoms with Gasteiger partial charge in [0.2, 0.25) is 0 Å². The minimum atomic E-state index is 0.605. The quantitative estimate of drug-likeness (QED) is 0.637. The highest BCUT2D eigenvalue weighted by atomic mass is 14.7. The third-order valence-corrected chi connectivity index (χ3v) is 2.13. The van der Waals surface area contributed by atoms with E-state index in [0.29, 0.717) is 6.54 Å². The van der Waals surface area contributed by atoms with Crippen LogP contribution in [0.2, 0.25) is 0 Å². The van der Waals surface area contributed by atoms with Crippen molar-refractivity contribution >= 4 is 6.72 Å². The number of nitrogens with two attached hydrogens (primary N) is 1. The van der Waals surface area contributed by atoms with Crippen LogP contribution < -0.4 is 5.73 Å². The molecule has 0 atom stereocenters. The molecule has 0 unspecified atom stereocenters. The number of allylic oxidation sites excluding steroid dienone is 3. The molecule has 2 N–H and O–H groups in total. The van der Waals surface area contributed by atoms with E-state index in [0.717, 1.165) is 18.5 Å². The monoisotopic (exact) mass is 164 g/mol. The average molecular weight is 164 g/mol. The van der Waals surface area contributed by atoms with Crippen molar-refractivity contribution in [2.45, 2.75) is 25.7 Å². The van der Waals surface area contributed by atoms with E-state index >= 15 is 0 Å². The number of nitrogens with zero attached hydrogens (tertiary/aromatic N) is 1. The van der Waals surface area contributed by atoms with E-state index in [1.807, 2.05) is 6.08 Å². The van der Waals surface area contributed by atoms with Gasteiger partial charge in [-0.25, -0.2) is 0 Å². The van der Waals surface area contributed by atoms with E-state index in [9.17, 15) is 0 Å². The molecule has 2 heteroatoms. The minimum absolute atomic E-state index is 0.605. The molecular weight excluding hydrogens is 148 g/mol. The summed E-state index contributed by atoms with van der Waals surface area (Å²) in [5.41, 5.74) is 7.86. The van der Waals surface area contributed by atoms with Crippen molar-refractivity contribution in [3.8, 4) is 0 Å². The average Bonchev–Trinajstić information content (AvgIpc) is 2.15. The van der Waals surface area contributed by atoms with E-state index < -0.39 is 0 Å². The smallest absolute Gasteiger partial charge is 0.0428 e. The van der Waals surface area contributed by atoms with E-state index in [-0.39, 0.29) is 0 Å². The summed E-state index contributed by atoms with van der Waals surface area (Å²) in [5, 5.41) is 0. The summed E-state index contributed by atoms with van der Waals surface area (Å²) in [4.78, 5) is 4.02. The Kier molecular flexibility index (Phi) is 3.74. The molecule has 0 aromatic rings. The molecule has 1 aliphatic carbocycles. The maximum absolute atomic E-state index is 5.38. The third kappa shape index (κ3) is 2.31. The van der Waals surface area contributed by atoms with Gasteiger partial charge in [0.05, 0.1) is 0 Å². The molecule has 0 aromatic carbocycles. The van der Waals surface area contributed by atoms with Crippen LogP contribution in [0.25, 0.3) is 0 Å². The van der Waals surface area contributed by atoms with Crippen molar-refractivity contribution in [1.29, 1.82) is 0 Å². The molecule has 1 aliphatic rings. The Bertz CT molecular complexity index is 214. The topological polar surface area (TPSA) is 38.4 Å². The summed E-state index contributed by atoms with van der Waals surface area (Å²) in [7, 11) is 0. The van der Waals surface area contributed by atoms with Crippen LogP contribution in [0.1, 0.15) is 25.7 Å². The lowest BCUT2D eigenvalue weighted by Gasteiger charge is -2.13. The molecule has 2 nitrogen and oxygen atoms in total. The SMILES string of the molecule is C=NC1=C(/C=C\CN)CCCC1. The second-order valence-corrected chi connectivity index (χ2v) is 2.98. The zero-order valence-corrected chi connectivity index (χ0v) is 7.42. The number of hydrogen-bond acceptors (Lipinski definition) is 2. The van der Waals surface area contributed by atoms with Crippen LogP contribution in [0.5, 0.6) is 0 Å². The minimum Gasteiger partial charge on any atom is -0.327 e. The first-order valence-electron chi connectivity index (χ1n) is 4.44. The predicted octanol–water partition coefficient (Wildman–Crippen LogP) is 2.03. The Labute approximate surface area is 73.9 Å². The van der Waals surface area contributed by atoms with Crippen LogP contribution in [-0.2, 0) is 0 Å². The number of rotatable bonds is 3. The Morgan fingerprint density at radius 2 is 2.17 bits per heavy atom. The van der Waals surface area contributed by atoms with E-state index in [1.165, 1.54) is 18.4 Å². The molecule has 66 valence electrons. The lowest BCUT2D eigenvalue weighted by Crippen LogP contribution is -1.98. The highest BCUT2D eigenvalue weighted by Gasteiger charge is 2.08. The molecule has 0 heterocycles. The van der Waals surface area contributed by atoms with Crippen molar-refractivity contribution in [3.05, 3.63) is 23.4 Å². The van der Waals surface area contributed by atoms with Gasteiger partial charge in [0, 0.05) is 12.2 Å². The normalized spacial score (nSPS) is 18.8. The summed E-state index contributed by atoms with van der Waals surface area (Å²) in [6.07, 6.45) is 8.78. The van der Waals surface area contributed by atoms with Crippen molar-refractivity contribution in [1.82, 2.24) is 0 Å². The Morgan fingerprint density at radius 1 is 1.42 bits per heavy atom. The molecule has 0 bridgehead atoms. The molecule has 0 aromatic heterocycles. The van der Waals surface area contributed by atoms with Crippen LogP contribution in [0.3, 0.4) is 0 Å². The van der Waals surface area contributed by atoms with Gasteiger partial charge in [-0.2, -0.15) is 0 Å². The summed E-state index contributed by atoms with van der Waals surface area (Å²) in [6.45, 7) is 4.17. The lowest BCUT2D eigenvalue weighted by atomic mass is 9.96. The van der Waals surface area contributed by atoms with Gasteiger partial charge in [-0.15, -0.1) is 0 Å². The van der Waals surface area contributed by atoms with Crippen LogP contribution in [0.15, 0.2) is 28.4 Å². The Hall–Kier alpha value is -0.890. The first-order valence-corrected chi connectivity index (χ1v) is 4.44. The predicted molar refractivity (Wildman–Crippen MR) is 53.2 cm³/mol. The highest BCUT2D eigenvalue weighted by molar-refractivity contribution is 5.35. The molecule has 0 fully saturated rings. The van der Waals surface area contributed by atoms with Crippen molar-refractivity contribution in [3.63, 3.8) is 0 Å². The standard InChI is InChI=1S/C10H16N2/c1-12-10-7-3-2-5-9(10)6-4-8-11/h4,6H,1-3,5,7-8,11H2/b6-4-. The van der Waals surface area contributed by atoms with Gasteiger partial charge in [-0.1, -0.05) is 12.2 Å². The zero-order valence-electron chi connectivity index (χ0n) is 7.42. The molecule has 0 aliphatic heterocycles. The first-order chi connectivity index (χ1) is 5.88. The molecular formula is C10H16N2. The second kappa shape index (κ2) is 4.88. The van der Waals surface area contributed by atoms with Gasteiger partial charge >= 0.3 is 0 Å². The zero-order chi connectivity index (χ0) is 8.81.